The number of nitrogen functional groups attached to an aromatic ring is 1. The summed E-state index contributed by atoms with van der Waals surface area (Å²) in [6, 6.07) is 0. The zero-order chi connectivity index (χ0) is 10.8. The number of nitrogens with two attached hydrogens (primary N) is 1. The Hall–Kier alpha value is -1.65. The predicted octanol–water partition coefficient (Wildman–Crippen LogP) is 0.587. The van der Waals surface area contributed by atoms with Crippen LogP contribution in [0.2, 0.25) is 0 Å². The SMILES string of the molecule is CC(C)(C)NC(=O)c1nccnc1N. The maximum absolute atomic E-state index is 11.6. The standard InChI is InChI=1S/C9H14N4O/c1-9(2,3)13-8(14)6-7(10)12-5-4-11-6/h4-5H,1-3H3,(H2,10,12)(H,13,14). The van der Waals surface area contributed by atoms with Crippen molar-refractivity contribution < 1.29 is 4.79 Å². The highest BCUT2D eigenvalue weighted by Gasteiger charge is 2.18. The van der Waals surface area contributed by atoms with Crippen LogP contribution in [0.5, 0.6) is 0 Å². The molecule has 5 nitrogen and oxygen atoms in total. The summed E-state index contributed by atoms with van der Waals surface area (Å²) in [5.41, 5.74) is 5.37. The minimum absolute atomic E-state index is 0.147. The van der Waals surface area contributed by atoms with E-state index in [4.69, 9.17) is 5.73 Å². The first-order valence-electron chi connectivity index (χ1n) is 4.29. The maximum Gasteiger partial charge on any atom is 0.274 e. The van der Waals surface area contributed by atoms with Crippen LogP contribution in [0.1, 0.15) is 31.3 Å². The monoisotopic (exact) mass is 194 g/mol. The van der Waals surface area contributed by atoms with E-state index in [0.717, 1.165) is 0 Å². The molecule has 0 spiro atoms. The molecule has 0 atom stereocenters. The van der Waals surface area contributed by atoms with Crippen LogP contribution in [0.15, 0.2) is 12.4 Å². The van der Waals surface area contributed by atoms with Gasteiger partial charge in [-0.1, -0.05) is 0 Å². The molecule has 0 unspecified atom stereocenters. The van der Waals surface area contributed by atoms with Crippen LogP contribution in [0.3, 0.4) is 0 Å². The summed E-state index contributed by atoms with van der Waals surface area (Å²) in [5, 5.41) is 2.75. The van der Waals surface area contributed by atoms with Crippen molar-refractivity contribution in [2.24, 2.45) is 0 Å². The van der Waals surface area contributed by atoms with E-state index in [2.05, 4.69) is 15.3 Å². The van der Waals surface area contributed by atoms with Crippen LogP contribution < -0.4 is 11.1 Å². The Bertz CT molecular complexity index is 343. The van der Waals surface area contributed by atoms with Crippen molar-refractivity contribution in [3.05, 3.63) is 18.1 Å². The first-order chi connectivity index (χ1) is 6.40. The molecule has 5 heteroatoms. The lowest BCUT2D eigenvalue weighted by Crippen LogP contribution is -2.41. The Morgan fingerprint density at radius 2 is 1.93 bits per heavy atom. The number of amides is 1. The van der Waals surface area contributed by atoms with Gasteiger partial charge in [0.15, 0.2) is 11.5 Å². The fourth-order valence-corrected chi connectivity index (χ4v) is 0.924. The molecule has 14 heavy (non-hydrogen) atoms. The number of carbonyl (C=O) groups is 1. The number of nitrogens with one attached hydrogen (secondary N) is 1. The zero-order valence-electron chi connectivity index (χ0n) is 8.53. The second kappa shape index (κ2) is 3.61. The van der Waals surface area contributed by atoms with Crippen molar-refractivity contribution >= 4 is 11.7 Å². The van der Waals surface area contributed by atoms with Gasteiger partial charge < -0.3 is 11.1 Å². The van der Waals surface area contributed by atoms with Gasteiger partial charge >= 0.3 is 0 Å². The molecule has 0 saturated heterocycles. The van der Waals surface area contributed by atoms with Gasteiger partial charge in [0.2, 0.25) is 0 Å². The van der Waals surface area contributed by atoms with Crippen molar-refractivity contribution in [3.8, 4) is 0 Å². The Labute approximate surface area is 82.7 Å². The fraction of sp³-hybridized carbons (Fsp3) is 0.444. The van der Waals surface area contributed by atoms with Gasteiger partial charge in [0.1, 0.15) is 0 Å². The Kier molecular flexibility index (Phi) is 2.69. The Balaban J connectivity index is 2.86. The number of nitrogens with zero attached hydrogens (tertiary/aromatic N) is 2. The first-order valence-corrected chi connectivity index (χ1v) is 4.29. The molecule has 0 aliphatic carbocycles. The predicted molar refractivity (Wildman–Crippen MR) is 53.7 cm³/mol. The molecule has 3 N–H and O–H groups in total. The average Bonchev–Trinajstić information content (AvgIpc) is 2.01. The number of hydrogen-bond donors (Lipinski definition) is 2. The maximum atomic E-state index is 11.6. The van der Waals surface area contributed by atoms with Crippen LogP contribution in [-0.4, -0.2) is 21.4 Å². The van der Waals surface area contributed by atoms with E-state index in [1.54, 1.807) is 0 Å². The van der Waals surface area contributed by atoms with Gasteiger partial charge in [0.25, 0.3) is 5.91 Å². The van der Waals surface area contributed by atoms with Crippen LogP contribution in [0, 0.1) is 0 Å². The van der Waals surface area contributed by atoms with Gasteiger partial charge in [-0.25, -0.2) is 9.97 Å². The van der Waals surface area contributed by atoms with Crippen LogP contribution in [-0.2, 0) is 0 Å². The third-order valence-corrected chi connectivity index (χ3v) is 1.43. The van der Waals surface area contributed by atoms with E-state index in [-0.39, 0.29) is 23.0 Å². The molecule has 1 aromatic rings. The second-order valence-electron chi connectivity index (χ2n) is 3.99. The fourth-order valence-electron chi connectivity index (χ4n) is 0.924. The lowest BCUT2D eigenvalue weighted by molar-refractivity contribution is 0.0915. The van der Waals surface area contributed by atoms with Crippen molar-refractivity contribution in [3.63, 3.8) is 0 Å². The molecule has 1 rings (SSSR count). The summed E-state index contributed by atoms with van der Waals surface area (Å²) in [4.78, 5) is 19.2. The smallest absolute Gasteiger partial charge is 0.274 e. The lowest BCUT2D eigenvalue weighted by atomic mass is 10.1. The summed E-state index contributed by atoms with van der Waals surface area (Å²) < 4.78 is 0. The topological polar surface area (TPSA) is 80.9 Å². The van der Waals surface area contributed by atoms with Crippen molar-refractivity contribution in [1.82, 2.24) is 15.3 Å². The summed E-state index contributed by atoms with van der Waals surface area (Å²) in [6.07, 6.45) is 2.89. The molecule has 0 fully saturated rings. The zero-order valence-corrected chi connectivity index (χ0v) is 8.53. The molecule has 0 aromatic carbocycles. The van der Waals surface area contributed by atoms with E-state index < -0.39 is 0 Å². The minimum atomic E-state index is -0.305. The minimum Gasteiger partial charge on any atom is -0.382 e. The molecule has 0 aliphatic rings. The van der Waals surface area contributed by atoms with Crippen molar-refractivity contribution in [2.75, 3.05) is 5.73 Å². The Morgan fingerprint density at radius 1 is 1.36 bits per heavy atom. The number of rotatable bonds is 1. The van der Waals surface area contributed by atoms with Gasteiger partial charge in [0, 0.05) is 17.9 Å². The first kappa shape index (κ1) is 10.4. The number of carbonyl (C=O) groups excluding carboxylic acids is 1. The van der Waals surface area contributed by atoms with E-state index in [9.17, 15) is 4.79 Å². The van der Waals surface area contributed by atoms with Crippen LogP contribution >= 0.6 is 0 Å². The number of hydrogen-bond acceptors (Lipinski definition) is 4. The van der Waals surface area contributed by atoms with E-state index in [1.165, 1.54) is 12.4 Å². The third kappa shape index (κ3) is 2.69. The number of anilines is 1. The molecule has 1 aromatic heterocycles. The summed E-state index contributed by atoms with van der Waals surface area (Å²) in [5.74, 6) is -0.155. The highest BCUT2D eigenvalue weighted by Crippen LogP contribution is 2.06. The highest BCUT2D eigenvalue weighted by atomic mass is 16.2. The van der Waals surface area contributed by atoms with Crippen LogP contribution in [0.4, 0.5) is 5.82 Å². The third-order valence-electron chi connectivity index (χ3n) is 1.43. The summed E-state index contributed by atoms with van der Waals surface area (Å²) >= 11 is 0. The number of aromatic nitrogens is 2. The van der Waals surface area contributed by atoms with Gasteiger partial charge in [-0.15, -0.1) is 0 Å². The lowest BCUT2D eigenvalue weighted by Gasteiger charge is -2.20. The molecular weight excluding hydrogens is 180 g/mol. The molecule has 1 heterocycles. The second-order valence-corrected chi connectivity index (χ2v) is 3.99. The molecule has 1 amide bonds. The van der Waals surface area contributed by atoms with E-state index >= 15 is 0 Å². The van der Waals surface area contributed by atoms with Crippen molar-refractivity contribution in [1.29, 1.82) is 0 Å². The quantitative estimate of drug-likeness (QED) is 0.685. The molecule has 0 aliphatic heterocycles. The molecular formula is C9H14N4O. The highest BCUT2D eigenvalue weighted by molar-refractivity contribution is 5.96. The molecule has 0 bridgehead atoms. The molecule has 0 saturated carbocycles. The van der Waals surface area contributed by atoms with Gasteiger partial charge in [-0.05, 0) is 20.8 Å². The van der Waals surface area contributed by atoms with E-state index in [1.807, 2.05) is 20.8 Å². The van der Waals surface area contributed by atoms with Crippen LogP contribution in [0.25, 0.3) is 0 Å². The van der Waals surface area contributed by atoms with Gasteiger partial charge in [0.05, 0.1) is 0 Å². The average molecular weight is 194 g/mol. The van der Waals surface area contributed by atoms with E-state index in [0.29, 0.717) is 0 Å². The van der Waals surface area contributed by atoms with Crippen molar-refractivity contribution in [2.45, 2.75) is 26.3 Å². The largest absolute Gasteiger partial charge is 0.382 e. The summed E-state index contributed by atoms with van der Waals surface area (Å²) in [7, 11) is 0. The van der Waals surface area contributed by atoms with Gasteiger partial charge in [-0.3, -0.25) is 4.79 Å². The summed E-state index contributed by atoms with van der Waals surface area (Å²) in [6.45, 7) is 5.66. The Morgan fingerprint density at radius 3 is 2.43 bits per heavy atom. The normalized spacial score (nSPS) is 11.1. The molecule has 0 radical (unpaired) electrons. The van der Waals surface area contributed by atoms with Gasteiger partial charge in [-0.2, -0.15) is 0 Å². The molecule has 76 valence electrons.